The van der Waals surface area contributed by atoms with Crippen LogP contribution in [-0.2, 0) is 0 Å². The number of hydrogen-bond donors (Lipinski definition) is 3. The minimum atomic E-state index is -0.340. The van der Waals surface area contributed by atoms with Crippen LogP contribution in [0.3, 0.4) is 0 Å². The lowest BCUT2D eigenvalue weighted by molar-refractivity contribution is 0.262. The average Bonchev–Trinajstić information content (AvgIpc) is 2.41. The summed E-state index contributed by atoms with van der Waals surface area (Å²) in [4.78, 5) is 11.9. The number of carbonyl (C=O) groups is 1. The van der Waals surface area contributed by atoms with Crippen molar-refractivity contribution in [1.29, 1.82) is 0 Å². The van der Waals surface area contributed by atoms with E-state index in [0.717, 1.165) is 11.3 Å². The van der Waals surface area contributed by atoms with Crippen LogP contribution >= 0.6 is 0 Å². The molecule has 0 unspecified atom stereocenters. The van der Waals surface area contributed by atoms with Crippen LogP contribution < -0.4 is 21.1 Å². The fraction of sp³-hybridized carbons (Fsp3) is 0.133. The first kappa shape index (κ1) is 13.7. The van der Waals surface area contributed by atoms with Gasteiger partial charge in [0.05, 0.1) is 18.5 Å². The number of rotatable bonds is 3. The molecule has 2 amide bonds. The normalized spacial score (nSPS) is 9.90. The number of anilines is 3. The standard InChI is InChI=1S/C15H17N3O2/c1-10-4-3-5-11(8-10)17-15(19)18-14-7-6-12(20-2)9-13(14)16/h3-9H,16H2,1-2H3,(H2,17,18,19). The molecule has 0 aliphatic carbocycles. The highest BCUT2D eigenvalue weighted by Crippen LogP contribution is 2.24. The van der Waals surface area contributed by atoms with Gasteiger partial charge in [0, 0.05) is 11.8 Å². The molecule has 2 aromatic rings. The fourth-order valence-corrected chi connectivity index (χ4v) is 1.79. The summed E-state index contributed by atoms with van der Waals surface area (Å²) in [5.41, 5.74) is 8.63. The van der Waals surface area contributed by atoms with Crippen molar-refractivity contribution in [3.8, 4) is 5.75 Å². The zero-order valence-electron chi connectivity index (χ0n) is 11.4. The van der Waals surface area contributed by atoms with E-state index >= 15 is 0 Å². The average molecular weight is 271 g/mol. The lowest BCUT2D eigenvalue weighted by Gasteiger charge is -2.11. The van der Waals surface area contributed by atoms with Gasteiger partial charge < -0.3 is 21.1 Å². The minimum absolute atomic E-state index is 0.340. The number of nitrogen functional groups attached to an aromatic ring is 1. The van der Waals surface area contributed by atoms with Crippen LogP contribution in [0.1, 0.15) is 5.56 Å². The Balaban J connectivity index is 2.05. The molecule has 0 aliphatic rings. The summed E-state index contributed by atoms with van der Waals surface area (Å²) in [6.07, 6.45) is 0. The Kier molecular flexibility index (Phi) is 4.10. The summed E-state index contributed by atoms with van der Waals surface area (Å²) in [5.74, 6) is 0.646. The molecular weight excluding hydrogens is 254 g/mol. The fourth-order valence-electron chi connectivity index (χ4n) is 1.79. The molecule has 0 fully saturated rings. The lowest BCUT2D eigenvalue weighted by Crippen LogP contribution is -2.20. The van der Waals surface area contributed by atoms with Crippen LogP contribution in [0.25, 0.3) is 0 Å². The van der Waals surface area contributed by atoms with E-state index in [1.54, 1.807) is 25.3 Å². The predicted molar refractivity (Wildman–Crippen MR) is 81.2 cm³/mol. The maximum absolute atomic E-state index is 11.9. The molecule has 0 saturated carbocycles. The van der Waals surface area contributed by atoms with Gasteiger partial charge in [0.2, 0.25) is 0 Å². The van der Waals surface area contributed by atoms with Gasteiger partial charge in [0.15, 0.2) is 0 Å². The summed E-state index contributed by atoms with van der Waals surface area (Å²) in [7, 11) is 1.56. The maximum atomic E-state index is 11.9. The Morgan fingerprint density at radius 2 is 1.95 bits per heavy atom. The van der Waals surface area contributed by atoms with Gasteiger partial charge in [0.1, 0.15) is 5.75 Å². The number of carbonyl (C=O) groups excluding carboxylic acids is 1. The topological polar surface area (TPSA) is 76.4 Å². The van der Waals surface area contributed by atoms with Gasteiger partial charge in [-0.1, -0.05) is 12.1 Å². The highest BCUT2D eigenvalue weighted by atomic mass is 16.5. The number of methoxy groups -OCH3 is 1. The Bertz CT molecular complexity index is 626. The molecule has 0 heterocycles. The lowest BCUT2D eigenvalue weighted by atomic mass is 10.2. The first-order valence-corrected chi connectivity index (χ1v) is 6.16. The molecule has 0 spiro atoms. The first-order valence-electron chi connectivity index (χ1n) is 6.16. The molecule has 0 aromatic heterocycles. The van der Waals surface area contributed by atoms with Crippen molar-refractivity contribution in [2.45, 2.75) is 6.92 Å². The molecule has 5 heteroatoms. The SMILES string of the molecule is COc1ccc(NC(=O)Nc2cccc(C)c2)c(N)c1. The molecule has 0 radical (unpaired) electrons. The zero-order valence-corrected chi connectivity index (χ0v) is 11.4. The molecule has 4 N–H and O–H groups in total. The van der Waals surface area contributed by atoms with E-state index in [9.17, 15) is 4.79 Å². The van der Waals surface area contributed by atoms with Crippen LogP contribution in [0, 0.1) is 6.92 Å². The second-order valence-electron chi connectivity index (χ2n) is 4.40. The third-order valence-electron chi connectivity index (χ3n) is 2.78. The molecular formula is C15H17N3O2. The van der Waals surface area contributed by atoms with Gasteiger partial charge in [-0.3, -0.25) is 0 Å². The Morgan fingerprint density at radius 3 is 2.60 bits per heavy atom. The minimum Gasteiger partial charge on any atom is -0.497 e. The number of ether oxygens (including phenoxy) is 1. The summed E-state index contributed by atoms with van der Waals surface area (Å²) in [5, 5.41) is 5.45. The summed E-state index contributed by atoms with van der Waals surface area (Å²) in [6.45, 7) is 1.96. The molecule has 104 valence electrons. The monoisotopic (exact) mass is 271 g/mol. The van der Waals surface area contributed by atoms with E-state index in [-0.39, 0.29) is 6.03 Å². The van der Waals surface area contributed by atoms with Crippen molar-refractivity contribution in [2.75, 3.05) is 23.5 Å². The smallest absolute Gasteiger partial charge is 0.323 e. The summed E-state index contributed by atoms with van der Waals surface area (Å²) < 4.78 is 5.06. The molecule has 2 aromatic carbocycles. The number of amides is 2. The molecule has 2 rings (SSSR count). The van der Waals surface area contributed by atoms with Crippen LogP contribution in [-0.4, -0.2) is 13.1 Å². The van der Waals surface area contributed by atoms with Crippen LogP contribution in [0.15, 0.2) is 42.5 Å². The van der Waals surface area contributed by atoms with Crippen molar-refractivity contribution in [1.82, 2.24) is 0 Å². The highest BCUT2D eigenvalue weighted by molar-refractivity contribution is 6.01. The molecule has 0 bridgehead atoms. The summed E-state index contributed by atoms with van der Waals surface area (Å²) >= 11 is 0. The molecule has 20 heavy (non-hydrogen) atoms. The second kappa shape index (κ2) is 5.97. The van der Waals surface area contributed by atoms with Crippen molar-refractivity contribution in [2.24, 2.45) is 0 Å². The second-order valence-corrected chi connectivity index (χ2v) is 4.40. The van der Waals surface area contributed by atoms with E-state index in [2.05, 4.69) is 10.6 Å². The Labute approximate surface area is 117 Å². The van der Waals surface area contributed by atoms with Gasteiger partial charge in [-0.05, 0) is 36.8 Å². The van der Waals surface area contributed by atoms with Crippen molar-refractivity contribution < 1.29 is 9.53 Å². The van der Waals surface area contributed by atoms with Gasteiger partial charge >= 0.3 is 6.03 Å². The van der Waals surface area contributed by atoms with Gasteiger partial charge in [-0.2, -0.15) is 0 Å². The quantitative estimate of drug-likeness (QED) is 0.750. The van der Waals surface area contributed by atoms with Crippen LogP contribution in [0.2, 0.25) is 0 Å². The van der Waals surface area contributed by atoms with E-state index in [4.69, 9.17) is 10.5 Å². The van der Waals surface area contributed by atoms with Crippen LogP contribution in [0.4, 0.5) is 21.9 Å². The predicted octanol–water partition coefficient (Wildman–Crippen LogP) is 3.23. The van der Waals surface area contributed by atoms with E-state index < -0.39 is 0 Å². The third kappa shape index (κ3) is 3.41. The van der Waals surface area contributed by atoms with Gasteiger partial charge in [0.25, 0.3) is 0 Å². The Morgan fingerprint density at radius 1 is 1.15 bits per heavy atom. The van der Waals surface area contributed by atoms with Crippen molar-refractivity contribution >= 4 is 23.1 Å². The Hall–Kier alpha value is -2.69. The van der Waals surface area contributed by atoms with Gasteiger partial charge in [-0.25, -0.2) is 4.79 Å². The summed E-state index contributed by atoms with van der Waals surface area (Å²) in [6, 6.07) is 12.3. The number of aryl methyl sites for hydroxylation is 1. The number of nitrogens with two attached hydrogens (primary N) is 1. The van der Waals surface area contributed by atoms with Crippen molar-refractivity contribution in [3.05, 3.63) is 48.0 Å². The maximum Gasteiger partial charge on any atom is 0.323 e. The van der Waals surface area contributed by atoms with E-state index in [0.29, 0.717) is 17.1 Å². The molecule has 0 saturated heterocycles. The number of benzene rings is 2. The molecule has 0 aliphatic heterocycles. The number of nitrogens with one attached hydrogen (secondary N) is 2. The van der Waals surface area contributed by atoms with E-state index in [1.807, 2.05) is 31.2 Å². The number of urea groups is 1. The van der Waals surface area contributed by atoms with Crippen LogP contribution in [0.5, 0.6) is 5.75 Å². The van der Waals surface area contributed by atoms with E-state index in [1.165, 1.54) is 0 Å². The molecule has 5 nitrogen and oxygen atoms in total. The zero-order chi connectivity index (χ0) is 14.5. The highest BCUT2D eigenvalue weighted by Gasteiger charge is 2.06. The first-order chi connectivity index (χ1) is 9.58. The van der Waals surface area contributed by atoms with Gasteiger partial charge in [-0.15, -0.1) is 0 Å². The molecule has 0 atom stereocenters. The number of hydrogen-bond acceptors (Lipinski definition) is 3. The van der Waals surface area contributed by atoms with Crippen molar-refractivity contribution in [3.63, 3.8) is 0 Å². The largest absolute Gasteiger partial charge is 0.497 e. The third-order valence-corrected chi connectivity index (χ3v) is 2.78.